The number of likely N-dealkylation sites (N-methyl/N-ethyl adjacent to an activating group) is 1. The Morgan fingerprint density at radius 3 is 1.67 bits per heavy atom. The highest BCUT2D eigenvalue weighted by Crippen LogP contribution is 2.43. The third-order valence-corrected chi connectivity index (χ3v) is 8.78. The molecule has 9 nitrogen and oxygen atoms in total. The smallest absolute Gasteiger partial charge is 0.462 e. The zero-order valence-corrected chi connectivity index (χ0v) is 31.2. The van der Waals surface area contributed by atoms with Crippen LogP contribution in [-0.4, -0.2) is 74.9 Å². The summed E-state index contributed by atoms with van der Waals surface area (Å²) in [5.74, 6) is -0.809. The Morgan fingerprint density at radius 1 is 0.652 bits per heavy atom. The zero-order chi connectivity index (χ0) is 34.4. The van der Waals surface area contributed by atoms with E-state index in [4.69, 9.17) is 18.5 Å². The highest BCUT2D eigenvalue weighted by Gasteiger charge is 2.27. The van der Waals surface area contributed by atoms with Crippen LogP contribution < -0.4 is 0 Å². The maximum atomic E-state index is 12.6. The average molecular weight is 677 g/mol. The number of carbonyl (C=O) groups excluding carboxylic acids is 2. The van der Waals surface area contributed by atoms with E-state index in [-0.39, 0.29) is 32.0 Å². The molecule has 272 valence electrons. The number of ether oxygens (including phenoxy) is 2. The second kappa shape index (κ2) is 29.9. The molecule has 0 fully saturated rings. The predicted octanol–water partition coefficient (Wildman–Crippen LogP) is 9.46. The van der Waals surface area contributed by atoms with Crippen molar-refractivity contribution in [3.63, 3.8) is 0 Å². The maximum Gasteiger partial charge on any atom is 0.472 e. The number of nitrogens with zero attached hydrogens (tertiary/aromatic N) is 1. The molecule has 0 aliphatic heterocycles. The van der Waals surface area contributed by atoms with E-state index in [1.165, 1.54) is 64.2 Å². The summed E-state index contributed by atoms with van der Waals surface area (Å²) in [5.41, 5.74) is 0. The van der Waals surface area contributed by atoms with Gasteiger partial charge in [-0.25, -0.2) is 4.57 Å². The van der Waals surface area contributed by atoms with Crippen molar-refractivity contribution in [3.8, 4) is 0 Å². The van der Waals surface area contributed by atoms with Crippen molar-refractivity contribution in [3.05, 3.63) is 12.2 Å². The number of hydrogen-bond donors (Lipinski definition) is 1. The first-order valence-corrected chi connectivity index (χ1v) is 19.9. The average Bonchev–Trinajstić information content (AvgIpc) is 2.99. The van der Waals surface area contributed by atoms with Crippen LogP contribution in [-0.2, 0) is 32.7 Å². The second-order valence-corrected chi connectivity index (χ2v) is 15.1. The van der Waals surface area contributed by atoms with Crippen molar-refractivity contribution in [2.75, 3.05) is 47.5 Å². The predicted molar refractivity (Wildman–Crippen MR) is 188 cm³/mol. The van der Waals surface area contributed by atoms with Gasteiger partial charge in [-0.15, -0.1) is 0 Å². The van der Waals surface area contributed by atoms with E-state index in [1.807, 2.05) is 21.1 Å². The van der Waals surface area contributed by atoms with Gasteiger partial charge in [0.1, 0.15) is 19.8 Å². The molecule has 0 aromatic heterocycles. The van der Waals surface area contributed by atoms with Crippen LogP contribution in [0.25, 0.3) is 0 Å². The van der Waals surface area contributed by atoms with Crippen LogP contribution in [0, 0.1) is 0 Å². The molecule has 1 unspecified atom stereocenters. The fourth-order valence-corrected chi connectivity index (χ4v) is 5.56. The van der Waals surface area contributed by atoms with Gasteiger partial charge in [0, 0.05) is 12.8 Å². The van der Waals surface area contributed by atoms with Gasteiger partial charge < -0.3 is 18.9 Å². The van der Waals surface area contributed by atoms with E-state index in [0.29, 0.717) is 17.4 Å². The van der Waals surface area contributed by atoms with Gasteiger partial charge in [0.05, 0.1) is 27.7 Å². The monoisotopic (exact) mass is 676 g/mol. The summed E-state index contributed by atoms with van der Waals surface area (Å²) in [5, 5.41) is 0. The lowest BCUT2D eigenvalue weighted by atomic mass is 10.1. The van der Waals surface area contributed by atoms with Crippen LogP contribution in [0.3, 0.4) is 0 Å². The van der Waals surface area contributed by atoms with Crippen LogP contribution in [0.2, 0.25) is 0 Å². The van der Waals surface area contributed by atoms with Gasteiger partial charge in [0.2, 0.25) is 0 Å². The molecule has 0 amide bonds. The summed E-state index contributed by atoms with van der Waals surface area (Å²) in [6.45, 7) is 4.35. The van der Waals surface area contributed by atoms with E-state index in [9.17, 15) is 19.0 Å². The molecule has 0 radical (unpaired) electrons. The van der Waals surface area contributed by atoms with Crippen molar-refractivity contribution in [2.45, 2.75) is 161 Å². The summed E-state index contributed by atoms with van der Waals surface area (Å²) in [6.07, 6.45) is 26.9. The first-order chi connectivity index (χ1) is 22.0. The number of carbonyl (C=O) groups is 2. The molecule has 0 heterocycles. The first-order valence-electron chi connectivity index (χ1n) is 18.4. The summed E-state index contributed by atoms with van der Waals surface area (Å²) in [6, 6.07) is 0. The lowest BCUT2D eigenvalue weighted by molar-refractivity contribution is -0.870. The molecule has 0 rings (SSSR count). The van der Waals surface area contributed by atoms with Gasteiger partial charge in [-0.3, -0.25) is 18.6 Å². The third-order valence-electron chi connectivity index (χ3n) is 7.80. The number of allylic oxidation sites excluding steroid dienone is 2. The molecule has 0 saturated carbocycles. The highest BCUT2D eigenvalue weighted by molar-refractivity contribution is 7.47. The lowest BCUT2D eigenvalue weighted by Crippen LogP contribution is -2.37. The SMILES string of the molecule is CCCC/C=C/CCCCCCCC(=O)OC[C@H](COP(=O)(O)OCC[N+](C)(C)C)OC(=O)CCCCCCCCCCCCC. The minimum Gasteiger partial charge on any atom is -0.462 e. The van der Waals surface area contributed by atoms with Crippen LogP contribution in [0.4, 0.5) is 0 Å². The number of rotatable bonds is 33. The molecule has 0 aliphatic carbocycles. The highest BCUT2D eigenvalue weighted by atomic mass is 31.2. The molecule has 0 spiro atoms. The Balaban J connectivity index is 4.47. The number of phosphoric acid groups is 1. The van der Waals surface area contributed by atoms with Gasteiger partial charge in [-0.2, -0.15) is 0 Å². The van der Waals surface area contributed by atoms with Crippen molar-refractivity contribution in [2.24, 2.45) is 0 Å². The van der Waals surface area contributed by atoms with E-state index < -0.39 is 26.5 Å². The maximum absolute atomic E-state index is 12.6. The number of esters is 2. The van der Waals surface area contributed by atoms with Gasteiger partial charge in [0.15, 0.2) is 6.10 Å². The number of hydrogen-bond acceptors (Lipinski definition) is 7. The van der Waals surface area contributed by atoms with Crippen LogP contribution in [0.15, 0.2) is 12.2 Å². The van der Waals surface area contributed by atoms with E-state index in [1.54, 1.807) is 0 Å². The number of unbranched alkanes of at least 4 members (excludes halogenated alkanes) is 17. The van der Waals surface area contributed by atoms with Gasteiger partial charge in [0.25, 0.3) is 0 Å². The molecule has 46 heavy (non-hydrogen) atoms. The first kappa shape index (κ1) is 44.8. The Morgan fingerprint density at radius 2 is 1.13 bits per heavy atom. The fourth-order valence-electron chi connectivity index (χ4n) is 4.82. The van der Waals surface area contributed by atoms with E-state index in [0.717, 1.165) is 57.8 Å². The summed E-state index contributed by atoms with van der Waals surface area (Å²) in [4.78, 5) is 35.0. The van der Waals surface area contributed by atoms with Crippen LogP contribution in [0.5, 0.6) is 0 Å². The standard InChI is InChI=1S/C36H70NO8P/c1-6-8-10-12-14-16-18-20-22-24-26-28-35(38)42-32-34(33-44-46(40,41)43-31-30-37(3,4)5)45-36(39)29-27-25-23-21-19-17-15-13-11-9-7-2/h12,14,34H,6-11,13,15-33H2,1-5H3/p+1/b14-12+/t34-/m1/s1. The minimum atomic E-state index is -4.36. The van der Waals surface area contributed by atoms with Gasteiger partial charge in [-0.1, -0.05) is 122 Å². The van der Waals surface area contributed by atoms with E-state index in [2.05, 4.69) is 26.0 Å². The van der Waals surface area contributed by atoms with Gasteiger partial charge in [-0.05, 0) is 32.1 Å². The molecule has 2 atom stereocenters. The molecule has 0 saturated heterocycles. The van der Waals surface area contributed by atoms with E-state index >= 15 is 0 Å². The second-order valence-electron chi connectivity index (χ2n) is 13.6. The molecule has 0 bridgehead atoms. The summed E-state index contributed by atoms with van der Waals surface area (Å²) in [7, 11) is 1.47. The number of quaternary nitrogens is 1. The van der Waals surface area contributed by atoms with Crippen molar-refractivity contribution in [1.82, 2.24) is 0 Å². The normalized spacial score (nSPS) is 14.0. The minimum absolute atomic E-state index is 0.0330. The molecule has 1 N–H and O–H groups in total. The van der Waals surface area contributed by atoms with Crippen LogP contribution in [0.1, 0.15) is 155 Å². The van der Waals surface area contributed by atoms with Crippen LogP contribution >= 0.6 is 7.82 Å². The quantitative estimate of drug-likeness (QED) is 0.0241. The Kier molecular flexibility index (Phi) is 29.0. The zero-order valence-electron chi connectivity index (χ0n) is 30.3. The summed E-state index contributed by atoms with van der Waals surface area (Å²) < 4.78 is 34.1. The molecule has 0 aliphatic rings. The summed E-state index contributed by atoms with van der Waals surface area (Å²) >= 11 is 0. The lowest BCUT2D eigenvalue weighted by Gasteiger charge is -2.24. The fraction of sp³-hybridized carbons (Fsp3) is 0.889. The third kappa shape index (κ3) is 32.7. The topological polar surface area (TPSA) is 108 Å². The largest absolute Gasteiger partial charge is 0.472 e. The molecule has 10 heteroatoms. The van der Waals surface area contributed by atoms with Crippen molar-refractivity contribution >= 4 is 19.8 Å². The Labute approximate surface area is 282 Å². The molecular weight excluding hydrogens is 605 g/mol. The molecule has 0 aromatic carbocycles. The molecule has 0 aromatic rings. The van der Waals surface area contributed by atoms with Crippen molar-refractivity contribution in [1.29, 1.82) is 0 Å². The Bertz CT molecular complexity index is 814. The van der Waals surface area contributed by atoms with Crippen molar-refractivity contribution < 1.29 is 42.1 Å². The number of phosphoric ester groups is 1. The van der Waals surface area contributed by atoms with Gasteiger partial charge >= 0.3 is 19.8 Å². The Hall–Kier alpha value is -1.25. The molecular formula is C36H71NO8P+.